The van der Waals surface area contributed by atoms with Gasteiger partial charge in [-0.3, -0.25) is 14.5 Å². The maximum atomic E-state index is 13.5. The van der Waals surface area contributed by atoms with Gasteiger partial charge in [0.25, 0.3) is 11.8 Å². The second kappa shape index (κ2) is 9.47. The molecule has 0 aromatic heterocycles. The second-order valence-corrected chi connectivity index (χ2v) is 11.2. The number of hydrogen-bond donors (Lipinski definition) is 0. The third-order valence-electron chi connectivity index (χ3n) is 8.83. The van der Waals surface area contributed by atoms with Gasteiger partial charge in [-0.05, 0) is 68.4 Å². The molecule has 0 aliphatic carbocycles. The third kappa shape index (κ3) is 3.88. The van der Waals surface area contributed by atoms with Crippen molar-refractivity contribution in [3.8, 4) is 11.3 Å². The Hall–Kier alpha value is -4.20. The van der Waals surface area contributed by atoms with Crippen LogP contribution in [-0.2, 0) is 29.5 Å². The van der Waals surface area contributed by atoms with Crippen molar-refractivity contribution in [3.05, 3.63) is 64.0 Å². The second-order valence-electron chi connectivity index (χ2n) is 11.2. The molecule has 7 rings (SSSR count). The number of aryl methyl sites for hydroxylation is 3. The van der Waals surface area contributed by atoms with Crippen LogP contribution >= 0.6 is 0 Å². The molecule has 0 saturated heterocycles. The van der Waals surface area contributed by atoms with E-state index in [1.165, 1.54) is 33.9 Å². The van der Waals surface area contributed by atoms with Crippen LogP contribution in [0.4, 0.5) is 11.4 Å². The standard InChI is InChI=1S/C32H33N4O4/c1-3-34-11-4-8-21-16-23-27(18-25(21)34)33(2)32(39)24-17-22-15-20-7-5-12-35(26(20)19-28(22)40-31(23)24)13-6-14-36-29(37)9-10-30(36)38/h9-10,15-19H,3-8,11-14H2,1-2H3/q+1. The Bertz CT molecular complexity index is 1750. The molecule has 0 bridgehead atoms. The largest absolute Gasteiger partial charge is 0.455 e. The maximum absolute atomic E-state index is 13.5. The van der Waals surface area contributed by atoms with Gasteiger partial charge in [-0.1, -0.05) is 0 Å². The number of fused-ring (bicyclic) bond motifs is 6. The molecule has 40 heavy (non-hydrogen) atoms. The Kier molecular flexibility index (Phi) is 5.87. The zero-order chi connectivity index (χ0) is 27.5. The van der Waals surface area contributed by atoms with E-state index in [9.17, 15) is 14.4 Å². The van der Waals surface area contributed by atoms with Gasteiger partial charge in [0, 0.05) is 73.8 Å². The molecule has 0 radical (unpaired) electrons. The summed E-state index contributed by atoms with van der Waals surface area (Å²) in [6, 6.07) is 10.6. The van der Waals surface area contributed by atoms with E-state index in [2.05, 4.69) is 41.0 Å². The van der Waals surface area contributed by atoms with Crippen LogP contribution in [0.3, 0.4) is 0 Å². The van der Waals surface area contributed by atoms with Crippen molar-refractivity contribution in [2.75, 3.05) is 42.5 Å². The number of carbonyl (C=O) groups excluding carboxylic acids is 2. The van der Waals surface area contributed by atoms with E-state index in [1.54, 1.807) is 4.57 Å². The lowest BCUT2D eigenvalue weighted by Crippen LogP contribution is -2.48. The highest BCUT2D eigenvalue weighted by molar-refractivity contribution is 6.12. The van der Waals surface area contributed by atoms with Crippen LogP contribution in [0.2, 0.25) is 0 Å². The lowest BCUT2D eigenvalue weighted by atomic mass is 9.95. The number of imide groups is 1. The Morgan fingerprint density at radius 2 is 1.55 bits per heavy atom. The number of rotatable bonds is 5. The monoisotopic (exact) mass is 537 g/mol. The first-order valence-electron chi connectivity index (χ1n) is 14.4. The number of anilines is 2. The number of nitrogens with zero attached hydrogens (tertiary/aromatic N) is 4. The fourth-order valence-corrected chi connectivity index (χ4v) is 6.73. The van der Waals surface area contributed by atoms with E-state index in [-0.39, 0.29) is 17.4 Å². The van der Waals surface area contributed by atoms with E-state index in [0.717, 1.165) is 79.4 Å². The number of carbonyl (C=O) groups is 2. The number of aromatic nitrogens is 1. The summed E-state index contributed by atoms with van der Waals surface area (Å²) in [5.74, 6) is 0.174. The molecule has 2 aromatic rings. The summed E-state index contributed by atoms with van der Waals surface area (Å²) in [5, 5.41) is 1.90. The fraction of sp³-hybridized carbons (Fsp3) is 0.375. The molecule has 8 nitrogen and oxygen atoms in total. The smallest absolute Gasteiger partial charge is 0.423 e. The number of amides is 2. The molecule has 0 fully saturated rings. The van der Waals surface area contributed by atoms with Crippen LogP contribution in [0, 0.1) is 0 Å². The zero-order valence-electron chi connectivity index (χ0n) is 23.0. The third-order valence-corrected chi connectivity index (χ3v) is 8.83. The van der Waals surface area contributed by atoms with Crippen molar-refractivity contribution >= 4 is 45.1 Å². The van der Waals surface area contributed by atoms with Crippen molar-refractivity contribution in [3.63, 3.8) is 0 Å². The normalized spacial score (nSPS) is 17.0. The lowest BCUT2D eigenvalue weighted by Gasteiger charge is -2.32. The fourth-order valence-electron chi connectivity index (χ4n) is 6.73. The first-order chi connectivity index (χ1) is 19.4. The molecule has 8 heteroatoms. The lowest BCUT2D eigenvalue weighted by molar-refractivity contribution is -0.658. The van der Waals surface area contributed by atoms with Crippen LogP contribution in [0.5, 0.6) is 0 Å². The van der Waals surface area contributed by atoms with Crippen molar-refractivity contribution < 1.29 is 18.6 Å². The summed E-state index contributed by atoms with van der Waals surface area (Å²) >= 11 is 0. The van der Waals surface area contributed by atoms with Crippen LogP contribution in [0.25, 0.3) is 33.2 Å². The van der Waals surface area contributed by atoms with Gasteiger partial charge in [0.15, 0.2) is 5.76 Å². The first kappa shape index (κ1) is 24.8. The summed E-state index contributed by atoms with van der Waals surface area (Å²) < 4.78 is 8.37. The molecule has 0 saturated carbocycles. The Morgan fingerprint density at radius 1 is 0.850 bits per heavy atom. The Balaban J connectivity index is 1.30. The summed E-state index contributed by atoms with van der Waals surface area (Å²) in [6.07, 6.45) is 7.50. The molecular formula is C32H33N4O4+. The number of pyridine rings is 1. The van der Waals surface area contributed by atoms with Gasteiger partial charge in [0.1, 0.15) is 18.2 Å². The quantitative estimate of drug-likeness (QED) is 0.167. The molecule has 0 unspecified atom stereocenters. The first-order valence-corrected chi connectivity index (χ1v) is 14.4. The summed E-state index contributed by atoms with van der Waals surface area (Å²) in [5.41, 5.74) is 7.08. The van der Waals surface area contributed by atoms with Gasteiger partial charge in [-0.2, -0.15) is 4.57 Å². The minimum absolute atomic E-state index is 0.0493. The van der Waals surface area contributed by atoms with Crippen LogP contribution in [0.15, 0.2) is 51.7 Å². The molecule has 0 atom stereocenters. The average molecular weight is 538 g/mol. The van der Waals surface area contributed by atoms with Crippen molar-refractivity contribution in [2.45, 2.75) is 39.0 Å². The molecule has 5 aliphatic rings. The van der Waals surface area contributed by atoms with Gasteiger partial charge in [-0.15, -0.1) is 0 Å². The van der Waals surface area contributed by atoms with Crippen LogP contribution in [-0.4, -0.2) is 49.4 Å². The topological polar surface area (TPSA) is 78.0 Å². The molecule has 2 amide bonds. The Morgan fingerprint density at radius 3 is 2.30 bits per heavy atom. The van der Waals surface area contributed by atoms with Gasteiger partial charge >= 0.3 is 5.56 Å². The van der Waals surface area contributed by atoms with Gasteiger partial charge in [-0.25, -0.2) is 4.79 Å². The molecule has 5 aliphatic heterocycles. The van der Waals surface area contributed by atoms with Gasteiger partial charge in [0.05, 0.1) is 5.39 Å². The molecule has 204 valence electrons. The molecule has 2 aromatic carbocycles. The summed E-state index contributed by atoms with van der Waals surface area (Å²) in [6.45, 7) is 6.22. The van der Waals surface area contributed by atoms with Gasteiger partial charge in [0.2, 0.25) is 5.52 Å². The van der Waals surface area contributed by atoms with Crippen molar-refractivity contribution in [1.82, 2.24) is 4.90 Å². The molecular weight excluding hydrogens is 504 g/mol. The molecule has 5 heterocycles. The van der Waals surface area contributed by atoms with Crippen molar-refractivity contribution in [2.24, 2.45) is 7.05 Å². The van der Waals surface area contributed by atoms with E-state index >= 15 is 0 Å². The van der Waals surface area contributed by atoms with E-state index in [4.69, 9.17) is 4.42 Å². The highest BCUT2D eigenvalue weighted by atomic mass is 16.3. The zero-order valence-corrected chi connectivity index (χ0v) is 23.0. The molecule has 0 N–H and O–H groups in total. The predicted octanol–water partition coefficient (Wildman–Crippen LogP) is 3.72. The highest BCUT2D eigenvalue weighted by Crippen LogP contribution is 2.38. The predicted molar refractivity (Wildman–Crippen MR) is 155 cm³/mol. The van der Waals surface area contributed by atoms with Crippen molar-refractivity contribution in [1.29, 1.82) is 0 Å². The van der Waals surface area contributed by atoms with Gasteiger partial charge < -0.3 is 14.2 Å². The van der Waals surface area contributed by atoms with E-state index < -0.39 is 0 Å². The van der Waals surface area contributed by atoms with Crippen LogP contribution < -0.4 is 19.9 Å². The minimum Gasteiger partial charge on any atom is -0.455 e. The maximum Gasteiger partial charge on any atom is 0.423 e. The van der Waals surface area contributed by atoms with E-state index in [0.29, 0.717) is 24.3 Å². The molecule has 0 spiro atoms. The van der Waals surface area contributed by atoms with Crippen LogP contribution in [0.1, 0.15) is 37.3 Å². The SMILES string of the molecule is CCN1CCCc2cc3c4oc5cc6c(cc5cc-4c(=O)[n+](C)c3cc21)CCCN6CCCN1C(=O)C=CC1=O. The average Bonchev–Trinajstić information content (AvgIpc) is 3.29. The highest BCUT2D eigenvalue weighted by Gasteiger charge is 2.29. The minimum atomic E-state index is -0.234. The summed E-state index contributed by atoms with van der Waals surface area (Å²) in [4.78, 5) is 43.4. The number of benzene rings is 2. The number of hydrogen-bond acceptors (Lipinski definition) is 6. The Labute approximate surface area is 232 Å². The summed E-state index contributed by atoms with van der Waals surface area (Å²) in [7, 11) is 1.85. The van der Waals surface area contributed by atoms with E-state index in [1.807, 2.05) is 13.1 Å².